The van der Waals surface area contributed by atoms with E-state index in [1.165, 1.54) is 4.57 Å². The molecule has 0 bridgehead atoms. The summed E-state index contributed by atoms with van der Waals surface area (Å²) in [6.07, 6.45) is 0.725. The summed E-state index contributed by atoms with van der Waals surface area (Å²) < 4.78 is 1.52. The SMILES string of the molecule is Cn1c(CCC(=O)NCc2ccccc2)nc2ccccc2c1=O. The van der Waals surface area contributed by atoms with Crippen LogP contribution in [0, 0.1) is 0 Å². The summed E-state index contributed by atoms with van der Waals surface area (Å²) in [5.41, 5.74) is 1.64. The molecular weight excluding hydrogens is 302 g/mol. The molecular formula is C19H19N3O2. The molecule has 3 rings (SSSR count). The monoisotopic (exact) mass is 321 g/mol. The van der Waals surface area contributed by atoms with Crippen LogP contribution in [0.1, 0.15) is 17.8 Å². The van der Waals surface area contributed by atoms with Gasteiger partial charge in [-0.1, -0.05) is 42.5 Å². The third-order valence-corrected chi connectivity index (χ3v) is 3.98. The molecule has 1 aromatic heterocycles. The molecule has 1 amide bonds. The average molecular weight is 321 g/mol. The predicted molar refractivity (Wildman–Crippen MR) is 93.6 cm³/mol. The Morgan fingerprint density at radius 3 is 2.58 bits per heavy atom. The second kappa shape index (κ2) is 7.08. The Morgan fingerprint density at radius 1 is 1.08 bits per heavy atom. The van der Waals surface area contributed by atoms with Crippen LogP contribution in [0.4, 0.5) is 0 Å². The Morgan fingerprint density at radius 2 is 1.79 bits per heavy atom. The second-order valence-electron chi connectivity index (χ2n) is 5.67. The number of aryl methyl sites for hydroxylation is 1. The molecule has 0 aliphatic carbocycles. The molecule has 2 aromatic carbocycles. The van der Waals surface area contributed by atoms with Crippen molar-refractivity contribution in [2.45, 2.75) is 19.4 Å². The van der Waals surface area contributed by atoms with E-state index in [2.05, 4.69) is 10.3 Å². The Hall–Kier alpha value is -2.95. The largest absolute Gasteiger partial charge is 0.352 e. The van der Waals surface area contributed by atoms with Gasteiger partial charge in [0.05, 0.1) is 10.9 Å². The van der Waals surface area contributed by atoms with Crippen LogP contribution in [0.15, 0.2) is 59.4 Å². The maximum absolute atomic E-state index is 12.3. The normalized spacial score (nSPS) is 10.7. The summed E-state index contributed by atoms with van der Waals surface area (Å²) in [5.74, 6) is 0.565. The molecule has 1 N–H and O–H groups in total. The Bertz CT molecular complexity index is 917. The van der Waals surface area contributed by atoms with Crippen LogP contribution < -0.4 is 10.9 Å². The van der Waals surface area contributed by atoms with Crippen molar-refractivity contribution in [2.24, 2.45) is 7.05 Å². The highest BCUT2D eigenvalue weighted by molar-refractivity contribution is 5.78. The van der Waals surface area contributed by atoms with Crippen molar-refractivity contribution in [2.75, 3.05) is 0 Å². The first kappa shape index (κ1) is 15.9. The number of hydrogen-bond donors (Lipinski definition) is 1. The van der Waals surface area contributed by atoms with E-state index in [1.807, 2.05) is 48.5 Å². The molecule has 0 atom stereocenters. The van der Waals surface area contributed by atoms with E-state index in [0.717, 1.165) is 5.56 Å². The van der Waals surface area contributed by atoms with Gasteiger partial charge in [0.1, 0.15) is 5.82 Å². The molecule has 5 heteroatoms. The Balaban J connectivity index is 1.66. The molecule has 0 fully saturated rings. The number of amides is 1. The van der Waals surface area contributed by atoms with Crippen LogP contribution in [-0.2, 0) is 24.8 Å². The summed E-state index contributed by atoms with van der Waals surface area (Å²) in [4.78, 5) is 28.9. The van der Waals surface area contributed by atoms with Crippen molar-refractivity contribution < 1.29 is 4.79 Å². The average Bonchev–Trinajstić information content (AvgIpc) is 2.62. The van der Waals surface area contributed by atoms with Crippen LogP contribution >= 0.6 is 0 Å². The highest BCUT2D eigenvalue weighted by Gasteiger charge is 2.09. The Kier molecular flexibility index (Phi) is 4.70. The lowest BCUT2D eigenvalue weighted by Gasteiger charge is -2.09. The first-order valence-electron chi connectivity index (χ1n) is 7.90. The van der Waals surface area contributed by atoms with Gasteiger partial charge in [0.15, 0.2) is 0 Å². The maximum Gasteiger partial charge on any atom is 0.261 e. The number of nitrogens with zero attached hydrogens (tertiary/aromatic N) is 2. The van der Waals surface area contributed by atoms with Crippen molar-refractivity contribution in [3.8, 4) is 0 Å². The van der Waals surface area contributed by atoms with Gasteiger partial charge in [0, 0.05) is 26.4 Å². The van der Waals surface area contributed by atoms with Crippen LogP contribution in [0.2, 0.25) is 0 Å². The first-order chi connectivity index (χ1) is 11.6. The molecule has 0 radical (unpaired) electrons. The fourth-order valence-electron chi connectivity index (χ4n) is 2.60. The molecule has 0 spiro atoms. The third-order valence-electron chi connectivity index (χ3n) is 3.98. The third kappa shape index (κ3) is 3.51. The van der Waals surface area contributed by atoms with Gasteiger partial charge in [0.25, 0.3) is 5.56 Å². The van der Waals surface area contributed by atoms with E-state index in [9.17, 15) is 9.59 Å². The van der Waals surface area contributed by atoms with Crippen LogP contribution in [0.3, 0.4) is 0 Å². The number of rotatable bonds is 5. The smallest absolute Gasteiger partial charge is 0.261 e. The minimum Gasteiger partial charge on any atom is -0.352 e. The molecule has 0 aliphatic rings. The molecule has 0 aliphatic heterocycles. The topological polar surface area (TPSA) is 64.0 Å². The van der Waals surface area contributed by atoms with Crippen molar-refractivity contribution in [1.82, 2.24) is 14.9 Å². The fraction of sp³-hybridized carbons (Fsp3) is 0.211. The maximum atomic E-state index is 12.3. The zero-order chi connectivity index (χ0) is 16.9. The number of carbonyl (C=O) groups is 1. The number of hydrogen-bond acceptors (Lipinski definition) is 3. The van der Waals surface area contributed by atoms with Gasteiger partial charge in [-0.15, -0.1) is 0 Å². The van der Waals surface area contributed by atoms with Crippen molar-refractivity contribution in [3.63, 3.8) is 0 Å². The van der Waals surface area contributed by atoms with Gasteiger partial charge in [-0.05, 0) is 17.7 Å². The zero-order valence-corrected chi connectivity index (χ0v) is 13.5. The van der Waals surface area contributed by atoms with Gasteiger partial charge in [-0.25, -0.2) is 4.98 Å². The molecule has 0 unspecified atom stereocenters. The highest BCUT2D eigenvalue weighted by Crippen LogP contribution is 2.08. The molecule has 24 heavy (non-hydrogen) atoms. The minimum atomic E-state index is -0.0831. The summed E-state index contributed by atoms with van der Waals surface area (Å²) >= 11 is 0. The predicted octanol–water partition coefficient (Wildman–Crippen LogP) is 2.18. The van der Waals surface area contributed by atoms with E-state index in [1.54, 1.807) is 13.1 Å². The quantitative estimate of drug-likeness (QED) is 0.783. The fourth-order valence-corrected chi connectivity index (χ4v) is 2.60. The van der Waals surface area contributed by atoms with Gasteiger partial charge < -0.3 is 5.32 Å². The summed E-state index contributed by atoms with van der Waals surface area (Å²) in [5, 5.41) is 3.48. The summed E-state index contributed by atoms with van der Waals surface area (Å²) in [6.45, 7) is 0.504. The van der Waals surface area contributed by atoms with Crippen molar-refractivity contribution in [3.05, 3.63) is 76.3 Å². The highest BCUT2D eigenvalue weighted by atomic mass is 16.1. The zero-order valence-electron chi connectivity index (χ0n) is 13.5. The molecule has 122 valence electrons. The number of aromatic nitrogens is 2. The van der Waals surface area contributed by atoms with Crippen molar-refractivity contribution >= 4 is 16.8 Å². The van der Waals surface area contributed by atoms with Gasteiger partial charge in [-0.2, -0.15) is 0 Å². The Labute approximate surface area is 140 Å². The number of carbonyl (C=O) groups excluding carboxylic acids is 1. The minimum absolute atomic E-state index is 0.0544. The summed E-state index contributed by atoms with van der Waals surface area (Å²) in [6, 6.07) is 17.0. The second-order valence-corrected chi connectivity index (χ2v) is 5.67. The molecule has 3 aromatic rings. The van der Waals surface area contributed by atoms with Crippen LogP contribution in [0.25, 0.3) is 10.9 Å². The number of para-hydroxylation sites is 1. The lowest BCUT2D eigenvalue weighted by molar-refractivity contribution is -0.121. The molecule has 5 nitrogen and oxygen atoms in total. The van der Waals surface area contributed by atoms with E-state index in [-0.39, 0.29) is 11.5 Å². The molecule has 1 heterocycles. The first-order valence-corrected chi connectivity index (χ1v) is 7.90. The van der Waals surface area contributed by atoms with E-state index in [4.69, 9.17) is 0 Å². The number of benzene rings is 2. The van der Waals surface area contributed by atoms with E-state index < -0.39 is 0 Å². The van der Waals surface area contributed by atoms with Crippen LogP contribution in [-0.4, -0.2) is 15.5 Å². The number of nitrogens with one attached hydrogen (secondary N) is 1. The van der Waals surface area contributed by atoms with Crippen LogP contribution in [0.5, 0.6) is 0 Å². The summed E-state index contributed by atoms with van der Waals surface area (Å²) in [7, 11) is 1.69. The number of fused-ring (bicyclic) bond motifs is 1. The van der Waals surface area contributed by atoms with E-state index in [0.29, 0.717) is 36.1 Å². The van der Waals surface area contributed by atoms with Crippen molar-refractivity contribution in [1.29, 1.82) is 0 Å². The molecule has 0 saturated heterocycles. The lowest BCUT2D eigenvalue weighted by atomic mass is 10.2. The van der Waals surface area contributed by atoms with Gasteiger partial charge in [-0.3, -0.25) is 14.2 Å². The van der Waals surface area contributed by atoms with E-state index >= 15 is 0 Å². The van der Waals surface area contributed by atoms with Gasteiger partial charge in [0.2, 0.25) is 5.91 Å². The lowest BCUT2D eigenvalue weighted by Crippen LogP contribution is -2.26. The van der Waals surface area contributed by atoms with Gasteiger partial charge >= 0.3 is 0 Å². The molecule has 0 saturated carbocycles. The standard InChI is InChI=1S/C19H19N3O2/c1-22-17(21-16-10-6-5-9-15(16)19(22)24)11-12-18(23)20-13-14-7-3-2-4-8-14/h2-10H,11-13H2,1H3,(H,20,23).